The molecule has 0 aliphatic heterocycles. The summed E-state index contributed by atoms with van der Waals surface area (Å²) < 4.78 is 0. The highest BCUT2D eigenvalue weighted by Gasteiger charge is 1.95. The molecule has 0 saturated carbocycles. The molecule has 0 atom stereocenters. The lowest BCUT2D eigenvalue weighted by atomic mass is 10.3. The van der Waals surface area contributed by atoms with Crippen molar-refractivity contribution < 1.29 is 0 Å². The average Bonchev–Trinajstić information content (AvgIpc) is 2.19. The van der Waals surface area contributed by atoms with E-state index in [1.807, 2.05) is 13.0 Å². The summed E-state index contributed by atoms with van der Waals surface area (Å²) in [5.74, 6) is 1.77. The van der Waals surface area contributed by atoms with E-state index in [1.54, 1.807) is 6.33 Å². The number of unbranched alkanes of at least 4 members (excludes halogenated alkanes) is 1. The molecule has 0 aliphatic rings. The van der Waals surface area contributed by atoms with Gasteiger partial charge in [0.1, 0.15) is 18.0 Å². The van der Waals surface area contributed by atoms with Gasteiger partial charge in [-0.2, -0.15) is 0 Å². The molecule has 0 aliphatic carbocycles. The molecule has 4 nitrogen and oxygen atoms in total. The van der Waals surface area contributed by atoms with Gasteiger partial charge in [-0.05, 0) is 13.3 Å². The fourth-order valence-electron chi connectivity index (χ4n) is 1.13. The Morgan fingerprint density at radius 2 is 1.86 bits per heavy atom. The number of hydrogen-bond acceptors (Lipinski definition) is 4. The first-order chi connectivity index (χ1) is 6.86. The molecule has 1 aromatic rings. The molecule has 0 unspecified atom stereocenters. The highest BCUT2D eigenvalue weighted by molar-refractivity contribution is 5.46. The zero-order valence-electron chi connectivity index (χ0n) is 8.88. The molecule has 0 aromatic carbocycles. The van der Waals surface area contributed by atoms with Crippen molar-refractivity contribution >= 4 is 11.6 Å². The maximum Gasteiger partial charge on any atom is 0.131 e. The van der Waals surface area contributed by atoms with Crippen LogP contribution in [0.15, 0.2) is 12.4 Å². The number of rotatable bonds is 6. The van der Waals surface area contributed by atoms with Crippen molar-refractivity contribution in [1.29, 1.82) is 0 Å². The van der Waals surface area contributed by atoms with Gasteiger partial charge in [0.2, 0.25) is 0 Å². The Morgan fingerprint density at radius 3 is 2.50 bits per heavy atom. The first-order valence-corrected chi connectivity index (χ1v) is 5.16. The maximum atomic E-state index is 4.13. The van der Waals surface area contributed by atoms with Gasteiger partial charge in [0, 0.05) is 19.2 Å². The minimum Gasteiger partial charge on any atom is -0.370 e. The topological polar surface area (TPSA) is 49.8 Å². The lowest BCUT2D eigenvalue weighted by Gasteiger charge is -2.06. The van der Waals surface area contributed by atoms with E-state index in [4.69, 9.17) is 0 Å². The third-order valence-corrected chi connectivity index (χ3v) is 1.86. The summed E-state index contributed by atoms with van der Waals surface area (Å²) in [4.78, 5) is 8.23. The van der Waals surface area contributed by atoms with Crippen molar-refractivity contribution in [2.75, 3.05) is 23.7 Å². The molecule has 0 radical (unpaired) electrons. The molecule has 1 heterocycles. The predicted molar refractivity (Wildman–Crippen MR) is 59.6 cm³/mol. The van der Waals surface area contributed by atoms with Crippen molar-refractivity contribution in [2.45, 2.75) is 26.7 Å². The van der Waals surface area contributed by atoms with Crippen molar-refractivity contribution in [1.82, 2.24) is 9.97 Å². The van der Waals surface area contributed by atoms with Crippen LogP contribution >= 0.6 is 0 Å². The van der Waals surface area contributed by atoms with E-state index < -0.39 is 0 Å². The Morgan fingerprint density at radius 1 is 1.14 bits per heavy atom. The quantitative estimate of drug-likeness (QED) is 0.681. The molecule has 4 heteroatoms. The summed E-state index contributed by atoms with van der Waals surface area (Å²) in [5.41, 5.74) is 0. The molecule has 0 bridgehead atoms. The van der Waals surface area contributed by atoms with Crippen LogP contribution in [-0.4, -0.2) is 23.1 Å². The Labute approximate surface area is 85.2 Å². The van der Waals surface area contributed by atoms with E-state index in [9.17, 15) is 0 Å². The first kappa shape index (κ1) is 10.8. The standard InChI is InChI=1S/C10H18N4/c1-3-5-6-12-10-7-9(11-4-2)13-8-14-10/h7-8H,3-6H2,1-2H3,(H2,11,12,13,14). The lowest BCUT2D eigenvalue weighted by molar-refractivity contribution is 0.830. The van der Waals surface area contributed by atoms with Crippen molar-refractivity contribution in [3.05, 3.63) is 12.4 Å². The number of nitrogens with zero attached hydrogens (tertiary/aromatic N) is 2. The van der Waals surface area contributed by atoms with Crippen LogP contribution in [0.25, 0.3) is 0 Å². The summed E-state index contributed by atoms with van der Waals surface area (Å²) in [5, 5.41) is 6.40. The van der Waals surface area contributed by atoms with E-state index in [1.165, 1.54) is 12.8 Å². The molecule has 0 amide bonds. The lowest BCUT2D eigenvalue weighted by Crippen LogP contribution is -2.05. The monoisotopic (exact) mass is 194 g/mol. The molecule has 0 saturated heterocycles. The van der Waals surface area contributed by atoms with Gasteiger partial charge >= 0.3 is 0 Å². The summed E-state index contributed by atoms with van der Waals surface area (Å²) in [6.45, 7) is 6.07. The van der Waals surface area contributed by atoms with Gasteiger partial charge in [-0.3, -0.25) is 0 Å². The van der Waals surface area contributed by atoms with Crippen LogP contribution in [0.3, 0.4) is 0 Å². The molecule has 1 aromatic heterocycles. The molecule has 2 N–H and O–H groups in total. The van der Waals surface area contributed by atoms with Gasteiger partial charge in [0.15, 0.2) is 0 Å². The maximum absolute atomic E-state index is 4.13. The van der Waals surface area contributed by atoms with Gasteiger partial charge in [-0.15, -0.1) is 0 Å². The van der Waals surface area contributed by atoms with Gasteiger partial charge in [0.05, 0.1) is 0 Å². The Bertz CT molecular complexity index is 262. The Kier molecular flexibility index (Phi) is 4.75. The molecule has 14 heavy (non-hydrogen) atoms. The molecule has 1 rings (SSSR count). The van der Waals surface area contributed by atoms with Crippen LogP contribution < -0.4 is 10.6 Å². The van der Waals surface area contributed by atoms with E-state index in [0.717, 1.165) is 24.7 Å². The zero-order valence-corrected chi connectivity index (χ0v) is 8.88. The molecular weight excluding hydrogens is 176 g/mol. The van der Waals surface area contributed by atoms with Crippen LogP contribution in [0.4, 0.5) is 11.6 Å². The van der Waals surface area contributed by atoms with E-state index in [0.29, 0.717) is 0 Å². The van der Waals surface area contributed by atoms with Crippen molar-refractivity contribution in [2.24, 2.45) is 0 Å². The summed E-state index contributed by atoms with van der Waals surface area (Å²) in [6, 6.07) is 1.93. The largest absolute Gasteiger partial charge is 0.370 e. The minimum atomic E-state index is 0.876. The second-order valence-corrected chi connectivity index (χ2v) is 3.10. The van der Waals surface area contributed by atoms with Crippen molar-refractivity contribution in [3.63, 3.8) is 0 Å². The normalized spacial score (nSPS) is 9.86. The van der Waals surface area contributed by atoms with Crippen LogP contribution in [0.5, 0.6) is 0 Å². The highest BCUT2D eigenvalue weighted by Crippen LogP contribution is 2.07. The van der Waals surface area contributed by atoms with Gasteiger partial charge in [-0.1, -0.05) is 13.3 Å². The average molecular weight is 194 g/mol. The Hall–Kier alpha value is -1.32. The van der Waals surface area contributed by atoms with Crippen LogP contribution in [0, 0.1) is 0 Å². The minimum absolute atomic E-state index is 0.876. The number of nitrogens with one attached hydrogen (secondary N) is 2. The smallest absolute Gasteiger partial charge is 0.131 e. The number of hydrogen-bond donors (Lipinski definition) is 2. The van der Waals surface area contributed by atoms with Crippen LogP contribution in [-0.2, 0) is 0 Å². The third-order valence-electron chi connectivity index (χ3n) is 1.86. The SMILES string of the molecule is CCCCNc1cc(NCC)ncn1. The zero-order chi connectivity index (χ0) is 10.2. The molecule has 0 spiro atoms. The Balaban J connectivity index is 2.46. The molecular formula is C10H18N4. The fraction of sp³-hybridized carbons (Fsp3) is 0.600. The third kappa shape index (κ3) is 3.60. The van der Waals surface area contributed by atoms with E-state index in [-0.39, 0.29) is 0 Å². The first-order valence-electron chi connectivity index (χ1n) is 5.16. The van der Waals surface area contributed by atoms with Crippen LogP contribution in [0.2, 0.25) is 0 Å². The summed E-state index contributed by atoms with van der Waals surface area (Å²) in [6.07, 6.45) is 3.94. The molecule has 78 valence electrons. The second kappa shape index (κ2) is 6.18. The number of aromatic nitrogens is 2. The summed E-state index contributed by atoms with van der Waals surface area (Å²) >= 11 is 0. The van der Waals surface area contributed by atoms with Gasteiger partial charge < -0.3 is 10.6 Å². The van der Waals surface area contributed by atoms with E-state index in [2.05, 4.69) is 27.5 Å². The highest BCUT2D eigenvalue weighted by atomic mass is 15.1. The number of anilines is 2. The second-order valence-electron chi connectivity index (χ2n) is 3.10. The predicted octanol–water partition coefficient (Wildman–Crippen LogP) is 2.12. The molecule has 0 fully saturated rings. The van der Waals surface area contributed by atoms with Gasteiger partial charge in [-0.25, -0.2) is 9.97 Å². The van der Waals surface area contributed by atoms with Gasteiger partial charge in [0.25, 0.3) is 0 Å². The fourth-order valence-corrected chi connectivity index (χ4v) is 1.13. The summed E-state index contributed by atoms with van der Waals surface area (Å²) in [7, 11) is 0. The van der Waals surface area contributed by atoms with Crippen molar-refractivity contribution in [3.8, 4) is 0 Å². The van der Waals surface area contributed by atoms with E-state index >= 15 is 0 Å². The van der Waals surface area contributed by atoms with Crippen LogP contribution in [0.1, 0.15) is 26.7 Å².